The Morgan fingerprint density at radius 2 is 1.75 bits per heavy atom. The van der Waals surface area contributed by atoms with Crippen LogP contribution in [0, 0.1) is 5.92 Å². The van der Waals surface area contributed by atoms with Gasteiger partial charge in [-0.3, -0.25) is 4.79 Å². The van der Waals surface area contributed by atoms with Crippen LogP contribution in [0.4, 0.5) is 39.5 Å². The molecule has 2 aromatic rings. The standard InChI is InChI=1S/C23H27F5N6O2/c1-22(24,25)16-7-4-8-17(13-16)29-19-30-20(32-21(31-19)36-14-23(26,27)28)34-11-9-33(10-12-34)18(35)15-5-2-3-6-15/h4,7-8,13,15H,2-3,5-6,9-12,14H2,1H3,(H,29,30,31,32). The van der Waals surface area contributed by atoms with Crippen molar-refractivity contribution in [1.29, 1.82) is 0 Å². The Hall–Kier alpha value is -3.25. The molecule has 2 fully saturated rings. The maximum atomic E-state index is 13.7. The van der Waals surface area contributed by atoms with Gasteiger partial charge in [-0.25, -0.2) is 8.78 Å². The molecule has 1 aromatic carbocycles. The number of amides is 1. The van der Waals surface area contributed by atoms with Gasteiger partial charge >= 0.3 is 12.2 Å². The van der Waals surface area contributed by atoms with E-state index in [0.717, 1.165) is 32.6 Å². The number of aromatic nitrogens is 3. The second-order valence-electron chi connectivity index (χ2n) is 9.03. The Kier molecular flexibility index (Phi) is 7.46. The molecule has 1 saturated carbocycles. The number of hydrogen-bond donors (Lipinski definition) is 1. The lowest BCUT2D eigenvalue weighted by Crippen LogP contribution is -2.50. The van der Waals surface area contributed by atoms with Gasteiger partial charge in [0.1, 0.15) is 0 Å². The van der Waals surface area contributed by atoms with E-state index in [4.69, 9.17) is 4.74 Å². The van der Waals surface area contributed by atoms with Crippen LogP contribution < -0.4 is 15.0 Å². The third-order valence-corrected chi connectivity index (χ3v) is 6.17. The SMILES string of the molecule is CC(F)(F)c1cccc(Nc2nc(OCC(F)(F)F)nc(N3CCN(C(=O)C4CCCC4)CC3)n2)c1. The predicted octanol–water partition coefficient (Wildman–Crippen LogP) is 4.51. The number of alkyl halides is 5. The van der Waals surface area contributed by atoms with Crippen molar-refractivity contribution < 1.29 is 31.5 Å². The van der Waals surface area contributed by atoms with E-state index in [2.05, 4.69) is 20.3 Å². The van der Waals surface area contributed by atoms with Crippen LogP contribution in [0.25, 0.3) is 0 Å². The largest absolute Gasteiger partial charge is 0.454 e. The smallest absolute Gasteiger partial charge is 0.422 e. The summed E-state index contributed by atoms with van der Waals surface area (Å²) in [6.45, 7) is 0.757. The van der Waals surface area contributed by atoms with Gasteiger partial charge in [0.15, 0.2) is 6.61 Å². The zero-order chi connectivity index (χ0) is 25.9. The number of nitrogens with zero attached hydrogens (tertiary/aromatic N) is 5. The summed E-state index contributed by atoms with van der Waals surface area (Å²) in [4.78, 5) is 28.4. The van der Waals surface area contributed by atoms with Gasteiger partial charge in [-0.05, 0) is 25.0 Å². The molecule has 196 valence electrons. The van der Waals surface area contributed by atoms with Crippen molar-refractivity contribution >= 4 is 23.5 Å². The molecule has 1 aliphatic heterocycles. The summed E-state index contributed by atoms with van der Waals surface area (Å²) in [6.07, 6.45) is -0.708. The number of carbonyl (C=O) groups excluding carboxylic acids is 1. The summed E-state index contributed by atoms with van der Waals surface area (Å²) in [6, 6.07) is 4.82. The van der Waals surface area contributed by atoms with E-state index in [0.29, 0.717) is 26.2 Å². The molecular formula is C23H27F5N6O2. The van der Waals surface area contributed by atoms with Crippen molar-refractivity contribution in [2.45, 2.75) is 44.7 Å². The molecule has 1 aliphatic carbocycles. The first-order chi connectivity index (χ1) is 17.0. The molecule has 0 radical (unpaired) electrons. The summed E-state index contributed by atoms with van der Waals surface area (Å²) < 4.78 is 70.3. The van der Waals surface area contributed by atoms with Crippen LogP contribution in [0.2, 0.25) is 0 Å². The van der Waals surface area contributed by atoms with Gasteiger partial charge in [-0.15, -0.1) is 0 Å². The first-order valence-electron chi connectivity index (χ1n) is 11.7. The van der Waals surface area contributed by atoms with Gasteiger partial charge in [-0.1, -0.05) is 25.0 Å². The molecule has 0 atom stereocenters. The van der Waals surface area contributed by atoms with Crippen molar-refractivity contribution in [1.82, 2.24) is 19.9 Å². The van der Waals surface area contributed by atoms with Crippen LogP contribution in [-0.2, 0) is 10.7 Å². The predicted molar refractivity (Wildman–Crippen MR) is 121 cm³/mol. The number of nitrogens with one attached hydrogen (secondary N) is 1. The zero-order valence-corrected chi connectivity index (χ0v) is 19.7. The summed E-state index contributed by atoms with van der Waals surface area (Å²) in [7, 11) is 0. The number of halogens is 5. The van der Waals surface area contributed by atoms with Crippen molar-refractivity contribution in [2.75, 3.05) is 43.0 Å². The second-order valence-corrected chi connectivity index (χ2v) is 9.03. The quantitative estimate of drug-likeness (QED) is 0.545. The number of benzene rings is 1. The van der Waals surface area contributed by atoms with E-state index >= 15 is 0 Å². The monoisotopic (exact) mass is 514 g/mol. The first kappa shape index (κ1) is 25.8. The summed E-state index contributed by atoms with van der Waals surface area (Å²) in [5.74, 6) is -2.99. The topological polar surface area (TPSA) is 83.5 Å². The van der Waals surface area contributed by atoms with Crippen LogP contribution in [-0.4, -0.2) is 64.7 Å². The minimum absolute atomic E-state index is 0.0539. The fraction of sp³-hybridized carbons (Fsp3) is 0.565. The van der Waals surface area contributed by atoms with Crippen LogP contribution >= 0.6 is 0 Å². The molecule has 1 saturated heterocycles. The van der Waals surface area contributed by atoms with Crippen molar-refractivity contribution in [3.63, 3.8) is 0 Å². The lowest BCUT2D eigenvalue weighted by molar-refractivity contribution is -0.154. The molecule has 2 aliphatic rings. The minimum Gasteiger partial charge on any atom is -0.454 e. The van der Waals surface area contributed by atoms with Gasteiger partial charge in [0, 0.05) is 50.3 Å². The summed E-state index contributed by atoms with van der Waals surface area (Å²) >= 11 is 0. The van der Waals surface area contributed by atoms with E-state index in [1.165, 1.54) is 24.3 Å². The average Bonchev–Trinajstić information content (AvgIpc) is 3.37. The highest BCUT2D eigenvalue weighted by atomic mass is 19.4. The fourth-order valence-corrected chi connectivity index (χ4v) is 4.31. The zero-order valence-electron chi connectivity index (χ0n) is 19.7. The molecule has 8 nitrogen and oxygen atoms in total. The number of anilines is 3. The Morgan fingerprint density at radius 3 is 2.39 bits per heavy atom. The normalized spacial score (nSPS) is 17.4. The minimum atomic E-state index is -4.60. The molecule has 0 unspecified atom stereocenters. The third kappa shape index (κ3) is 6.70. The molecular weight excluding hydrogens is 487 g/mol. The number of rotatable bonds is 7. The molecule has 36 heavy (non-hydrogen) atoms. The molecule has 1 amide bonds. The number of hydrogen-bond acceptors (Lipinski definition) is 7. The fourth-order valence-electron chi connectivity index (χ4n) is 4.31. The van der Waals surface area contributed by atoms with E-state index in [9.17, 15) is 26.7 Å². The maximum absolute atomic E-state index is 13.7. The average molecular weight is 514 g/mol. The van der Waals surface area contributed by atoms with Crippen LogP contribution in [0.3, 0.4) is 0 Å². The molecule has 1 N–H and O–H groups in total. The van der Waals surface area contributed by atoms with E-state index in [-0.39, 0.29) is 35.0 Å². The van der Waals surface area contributed by atoms with Crippen molar-refractivity contribution in [2.24, 2.45) is 5.92 Å². The Morgan fingerprint density at radius 1 is 1.06 bits per heavy atom. The van der Waals surface area contributed by atoms with Gasteiger partial charge in [0.2, 0.25) is 17.8 Å². The summed E-state index contributed by atoms with van der Waals surface area (Å²) in [5.41, 5.74) is -0.0293. The summed E-state index contributed by atoms with van der Waals surface area (Å²) in [5, 5.41) is 2.75. The van der Waals surface area contributed by atoms with Gasteiger partial charge in [-0.2, -0.15) is 28.1 Å². The molecule has 0 spiro atoms. The van der Waals surface area contributed by atoms with E-state index in [1.807, 2.05) is 0 Å². The molecule has 2 heterocycles. The lowest BCUT2D eigenvalue weighted by atomic mass is 10.1. The number of carbonyl (C=O) groups is 1. The molecule has 13 heteroatoms. The van der Waals surface area contributed by atoms with E-state index in [1.54, 1.807) is 9.80 Å². The molecule has 0 bridgehead atoms. The van der Waals surface area contributed by atoms with Gasteiger partial charge in [0.25, 0.3) is 5.92 Å². The maximum Gasteiger partial charge on any atom is 0.422 e. The van der Waals surface area contributed by atoms with Crippen molar-refractivity contribution in [3.8, 4) is 6.01 Å². The van der Waals surface area contributed by atoms with Crippen LogP contribution in [0.5, 0.6) is 6.01 Å². The molecule has 1 aromatic heterocycles. The second kappa shape index (κ2) is 10.4. The van der Waals surface area contributed by atoms with Crippen molar-refractivity contribution in [3.05, 3.63) is 29.8 Å². The van der Waals surface area contributed by atoms with Crippen LogP contribution in [0.1, 0.15) is 38.2 Å². The highest BCUT2D eigenvalue weighted by Gasteiger charge is 2.32. The highest BCUT2D eigenvalue weighted by molar-refractivity contribution is 5.79. The van der Waals surface area contributed by atoms with Gasteiger partial charge in [0.05, 0.1) is 0 Å². The van der Waals surface area contributed by atoms with Gasteiger partial charge < -0.3 is 19.9 Å². The Labute approximate surface area is 204 Å². The Bertz CT molecular complexity index is 1060. The number of piperazine rings is 1. The molecule has 4 rings (SSSR count). The lowest BCUT2D eigenvalue weighted by Gasteiger charge is -2.36. The third-order valence-electron chi connectivity index (χ3n) is 6.17. The van der Waals surface area contributed by atoms with E-state index < -0.39 is 24.7 Å². The Balaban J connectivity index is 1.52. The highest BCUT2D eigenvalue weighted by Crippen LogP contribution is 2.30. The number of ether oxygens (including phenoxy) is 1. The van der Waals surface area contributed by atoms with Crippen LogP contribution in [0.15, 0.2) is 24.3 Å². The first-order valence-corrected chi connectivity index (χ1v) is 11.7.